The summed E-state index contributed by atoms with van der Waals surface area (Å²) < 4.78 is 5.39. The summed E-state index contributed by atoms with van der Waals surface area (Å²) in [6.45, 7) is 4.38. The molecule has 9 nitrogen and oxygen atoms in total. The second-order valence-electron chi connectivity index (χ2n) is 10.2. The van der Waals surface area contributed by atoms with Gasteiger partial charge in [-0.2, -0.15) is 0 Å². The van der Waals surface area contributed by atoms with Crippen LogP contribution in [0, 0.1) is 11.3 Å². The smallest absolute Gasteiger partial charge is 0.271 e. The second-order valence-corrected chi connectivity index (χ2v) is 10.2. The predicted octanol–water partition coefficient (Wildman–Crippen LogP) is 2.15. The largest absolute Gasteiger partial charge is 0.496 e. The molecular formula is C25H32N4O5. The van der Waals surface area contributed by atoms with E-state index in [2.05, 4.69) is 10.3 Å². The van der Waals surface area contributed by atoms with Crippen molar-refractivity contribution in [2.45, 2.75) is 58.0 Å². The number of nitrogens with zero attached hydrogens (tertiary/aromatic N) is 1. The highest BCUT2D eigenvalue weighted by atomic mass is 16.5. The van der Waals surface area contributed by atoms with Gasteiger partial charge < -0.3 is 25.7 Å². The zero-order valence-electron chi connectivity index (χ0n) is 19.8. The van der Waals surface area contributed by atoms with Crippen molar-refractivity contribution in [3.63, 3.8) is 0 Å². The molecule has 9 heteroatoms. The fraction of sp³-hybridized carbons (Fsp3) is 0.520. The Morgan fingerprint density at radius 1 is 1.32 bits per heavy atom. The van der Waals surface area contributed by atoms with Gasteiger partial charge in [0.1, 0.15) is 29.3 Å². The molecule has 4 rings (SSSR count). The van der Waals surface area contributed by atoms with Crippen molar-refractivity contribution in [1.82, 2.24) is 15.2 Å². The number of nitrogens with two attached hydrogens (primary N) is 1. The maximum absolute atomic E-state index is 13.5. The van der Waals surface area contributed by atoms with Crippen LogP contribution in [0.5, 0.6) is 5.75 Å². The Bertz CT molecular complexity index is 1140. The SMILES string of the molecule is COc1cccc2[nH]c(C(=O)N3CC(C)(C)C[C@H]3C(=O)N[C@@H](C[C@@H]3CCCC3=O)C(N)=O)cc12. The number of Topliss-reactive ketones (excluding diaryl/α,β-unsaturated/α-hetero) is 1. The van der Waals surface area contributed by atoms with Gasteiger partial charge in [0, 0.05) is 29.8 Å². The number of carbonyl (C=O) groups is 4. The maximum Gasteiger partial charge on any atom is 0.271 e. The Morgan fingerprint density at radius 3 is 2.74 bits per heavy atom. The molecule has 2 fully saturated rings. The quantitative estimate of drug-likeness (QED) is 0.572. The molecule has 0 unspecified atom stereocenters. The number of carbonyl (C=O) groups excluding carboxylic acids is 4. The van der Waals surface area contributed by atoms with Crippen molar-refractivity contribution in [2.24, 2.45) is 17.1 Å². The van der Waals surface area contributed by atoms with E-state index in [9.17, 15) is 19.2 Å². The van der Waals surface area contributed by atoms with Gasteiger partial charge in [0.15, 0.2) is 0 Å². The van der Waals surface area contributed by atoms with Crippen molar-refractivity contribution in [3.05, 3.63) is 30.0 Å². The number of nitrogens with one attached hydrogen (secondary N) is 2. The summed E-state index contributed by atoms with van der Waals surface area (Å²) in [4.78, 5) is 55.6. The molecule has 1 aromatic carbocycles. The zero-order valence-corrected chi connectivity index (χ0v) is 19.8. The van der Waals surface area contributed by atoms with Gasteiger partial charge >= 0.3 is 0 Å². The number of ketones is 1. The number of fused-ring (bicyclic) bond motifs is 1. The van der Waals surface area contributed by atoms with E-state index in [4.69, 9.17) is 10.5 Å². The van der Waals surface area contributed by atoms with Crippen molar-refractivity contribution >= 4 is 34.4 Å². The Labute approximate surface area is 198 Å². The van der Waals surface area contributed by atoms with Gasteiger partial charge in [0.25, 0.3) is 5.91 Å². The minimum atomic E-state index is -0.947. The molecule has 1 aromatic heterocycles. The lowest BCUT2D eigenvalue weighted by molar-refractivity contribution is -0.130. The van der Waals surface area contributed by atoms with Crippen molar-refractivity contribution in [3.8, 4) is 5.75 Å². The van der Waals surface area contributed by atoms with Crippen LogP contribution in [0.1, 0.15) is 56.4 Å². The standard InChI is InChI=1S/C25H32N4O5/c1-25(2)12-19(23(32)28-17(22(26)31)10-14-6-4-8-20(14)30)29(13-25)24(33)18-11-15-16(27-18)7-5-9-21(15)34-3/h5,7,9,11,14,17,19,27H,4,6,8,10,12-13H2,1-3H3,(H2,26,31)(H,28,32)/t14-,17-,19-/m0/s1. The normalized spacial score (nSPS) is 22.7. The van der Waals surface area contributed by atoms with E-state index in [1.54, 1.807) is 18.1 Å². The van der Waals surface area contributed by atoms with E-state index < -0.39 is 23.9 Å². The van der Waals surface area contributed by atoms with Gasteiger partial charge in [-0.1, -0.05) is 19.9 Å². The summed E-state index contributed by atoms with van der Waals surface area (Å²) in [7, 11) is 1.57. The van der Waals surface area contributed by atoms with E-state index in [1.807, 2.05) is 32.0 Å². The number of primary amides is 1. The van der Waals surface area contributed by atoms with Crippen LogP contribution in [0.4, 0.5) is 0 Å². The van der Waals surface area contributed by atoms with Crippen LogP contribution < -0.4 is 15.8 Å². The molecule has 0 bridgehead atoms. The summed E-state index contributed by atoms with van der Waals surface area (Å²) in [5.74, 6) is -0.918. The first-order valence-electron chi connectivity index (χ1n) is 11.7. The van der Waals surface area contributed by atoms with Crippen LogP contribution >= 0.6 is 0 Å². The zero-order chi connectivity index (χ0) is 24.6. The first-order chi connectivity index (χ1) is 16.1. The molecule has 3 atom stereocenters. The molecule has 2 aliphatic rings. The van der Waals surface area contributed by atoms with Crippen LogP contribution in [0.3, 0.4) is 0 Å². The third-order valence-corrected chi connectivity index (χ3v) is 6.97. The third kappa shape index (κ3) is 4.64. The number of amides is 3. The number of rotatable bonds is 7. The van der Waals surface area contributed by atoms with Crippen molar-refractivity contribution < 1.29 is 23.9 Å². The lowest BCUT2D eigenvalue weighted by Crippen LogP contribution is -2.53. The number of H-pyrrole nitrogens is 1. The first kappa shape index (κ1) is 23.8. The van der Waals surface area contributed by atoms with E-state index in [-0.39, 0.29) is 29.4 Å². The molecule has 1 saturated carbocycles. The Morgan fingerprint density at radius 2 is 2.09 bits per heavy atom. The average molecular weight is 469 g/mol. The Hall–Kier alpha value is -3.36. The highest BCUT2D eigenvalue weighted by molar-refractivity contribution is 6.02. The molecule has 1 aliphatic carbocycles. The van der Waals surface area contributed by atoms with Gasteiger partial charge in [0.05, 0.1) is 7.11 Å². The molecule has 3 amide bonds. The second kappa shape index (κ2) is 9.12. The van der Waals surface area contributed by atoms with E-state index >= 15 is 0 Å². The fourth-order valence-electron chi connectivity index (χ4n) is 5.23. The first-order valence-corrected chi connectivity index (χ1v) is 11.7. The lowest BCUT2D eigenvalue weighted by Gasteiger charge is -2.26. The molecule has 1 saturated heterocycles. The van der Waals surface area contributed by atoms with Gasteiger partial charge in [-0.05, 0) is 49.3 Å². The number of aromatic amines is 1. The van der Waals surface area contributed by atoms with E-state index in [1.165, 1.54) is 0 Å². The Balaban J connectivity index is 1.55. The molecule has 34 heavy (non-hydrogen) atoms. The fourth-order valence-corrected chi connectivity index (χ4v) is 5.23. The highest BCUT2D eigenvalue weighted by Gasteiger charge is 2.45. The molecule has 4 N–H and O–H groups in total. The molecule has 0 radical (unpaired) electrons. The number of hydrogen-bond acceptors (Lipinski definition) is 5. The summed E-state index contributed by atoms with van der Waals surface area (Å²) in [6.07, 6.45) is 2.63. The highest BCUT2D eigenvalue weighted by Crippen LogP contribution is 2.36. The van der Waals surface area contributed by atoms with Crippen molar-refractivity contribution in [2.75, 3.05) is 13.7 Å². The number of aromatic nitrogens is 1. The summed E-state index contributed by atoms with van der Waals surface area (Å²) >= 11 is 0. The monoisotopic (exact) mass is 468 g/mol. The number of benzene rings is 1. The summed E-state index contributed by atoms with van der Waals surface area (Å²) in [5.41, 5.74) is 6.39. The van der Waals surface area contributed by atoms with Crippen LogP contribution in [0.25, 0.3) is 10.9 Å². The number of likely N-dealkylation sites (tertiary alicyclic amines) is 1. The van der Waals surface area contributed by atoms with Gasteiger partial charge in [0.2, 0.25) is 11.8 Å². The summed E-state index contributed by atoms with van der Waals surface area (Å²) in [5, 5.41) is 3.52. The summed E-state index contributed by atoms with van der Waals surface area (Å²) in [6, 6.07) is 5.54. The lowest BCUT2D eigenvalue weighted by atomic mass is 9.90. The van der Waals surface area contributed by atoms with Crippen molar-refractivity contribution in [1.29, 1.82) is 0 Å². The van der Waals surface area contributed by atoms with Crippen LogP contribution in [0.2, 0.25) is 0 Å². The molecule has 2 heterocycles. The molecule has 0 spiro atoms. The minimum Gasteiger partial charge on any atom is -0.496 e. The Kier molecular flexibility index (Phi) is 6.38. The van der Waals surface area contributed by atoms with Gasteiger partial charge in [-0.25, -0.2) is 0 Å². The van der Waals surface area contributed by atoms with E-state index in [0.29, 0.717) is 37.3 Å². The maximum atomic E-state index is 13.5. The predicted molar refractivity (Wildman–Crippen MR) is 126 cm³/mol. The molecule has 182 valence electrons. The van der Waals surface area contributed by atoms with Crippen LogP contribution in [-0.2, 0) is 14.4 Å². The van der Waals surface area contributed by atoms with Crippen LogP contribution in [-0.4, -0.2) is 59.1 Å². The van der Waals surface area contributed by atoms with Gasteiger partial charge in [-0.3, -0.25) is 19.2 Å². The van der Waals surface area contributed by atoms with E-state index in [0.717, 1.165) is 17.3 Å². The average Bonchev–Trinajstić information content (AvgIpc) is 3.48. The number of ether oxygens (including phenoxy) is 1. The topological polar surface area (TPSA) is 135 Å². The molecule has 1 aliphatic heterocycles. The molecule has 2 aromatic rings. The number of hydrogen-bond donors (Lipinski definition) is 3. The van der Waals surface area contributed by atoms with Crippen LogP contribution in [0.15, 0.2) is 24.3 Å². The third-order valence-electron chi connectivity index (χ3n) is 6.97. The minimum absolute atomic E-state index is 0.105. The molecular weight excluding hydrogens is 436 g/mol. The number of methoxy groups -OCH3 is 1. The van der Waals surface area contributed by atoms with Gasteiger partial charge in [-0.15, -0.1) is 0 Å².